The van der Waals surface area contributed by atoms with Crippen molar-refractivity contribution in [1.82, 2.24) is 5.32 Å². The van der Waals surface area contributed by atoms with Gasteiger partial charge in [0.25, 0.3) is 5.91 Å². The second-order valence-electron chi connectivity index (χ2n) is 4.50. The lowest BCUT2D eigenvalue weighted by Crippen LogP contribution is -2.28. The molecular weight excluding hydrogens is 246 g/mol. The van der Waals surface area contributed by atoms with Gasteiger partial charge in [0.05, 0.1) is 6.61 Å². The van der Waals surface area contributed by atoms with Gasteiger partial charge in [-0.3, -0.25) is 4.79 Å². The average Bonchev–Trinajstić information content (AvgIpc) is 2.85. The summed E-state index contributed by atoms with van der Waals surface area (Å²) in [7, 11) is 0. The summed E-state index contributed by atoms with van der Waals surface area (Å²) in [5.41, 5.74) is 3.13. The molecule has 1 aliphatic carbocycles. The molecule has 5 nitrogen and oxygen atoms in total. The zero-order valence-corrected chi connectivity index (χ0v) is 10.6. The molecule has 0 atom stereocenters. The fourth-order valence-electron chi connectivity index (χ4n) is 2.32. The monoisotopic (exact) mass is 263 g/mol. The van der Waals surface area contributed by atoms with Crippen molar-refractivity contribution in [3.05, 3.63) is 34.9 Å². The number of carbonyl (C=O) groups is 2. The number of aryl methyl sites for hydroxylation is 1. The number of fused-ring (bicyclic) bond motifs is 1. The quantitative estimate of drug-likeness (QED) is 0.751. The summed E-state index contributed by atoms with van der Waals surface area (Å²) in [4.78, 5) is 22.3. The average molecular weight is 263 g/mol. The Labute approximate surface area is 111 Å². The summed E-state index contributed by atoms with van der Waals surface area (Å²) in [5.74, 6) is -1.12. The van der Waals surface area contributed by atoms with Crippen molar-refractivity contribution in [3.8, 4) is 0 Å². The molecule has 102 valence electrons. The Bertz CT molecular complexity index is 484. The molecular formula is C14H17NO4. The van der Waals surface area contributed by atoms with E-state index in [1.165, 1.54) is 5.56 Å². The van der Waals surface area contributed by atoms with E-state index in [2.05, 4.69) is 11.4 Å². The third-order valence-corrected chi connectivity index (χ3v) is 3.15. The molecule has 0 aromatic heterocycles. The van der Waals surface area contributed by atoms with E-state index in [9.17, 15) is 9.59 Å². The Morgan fingerprint density at radius 3 is 2.95 bits per heavy atom. The van der Waals surface area contributed by atoms with Gasteiger partial charge in [0.1, 0.15) is 6.61 Å². The van der Waals surface area contributed by atoms with Crippen molar-refractivity contribution in [2.45, 2.75) is 19.3 Å². The van der Waals surface area contributed by atoms with Crippen LogP contribution in [0.4, 0.5) is 0 Å². The summed E-state index contributed by atoms with van der Waals surface area (Å²) < 4.78 is 4.86. The summed E-state index contributed by atoms with van der Waals surface area (Å²) in [6.07, 6.45) is 3.09. The molecule has 1 amide bonds. The van der Waals surface area contributed by atoms with Crippen LogP contribution in [-0.2, 0) is 22.4 Å². The van der Waals surface area contributed by atoms with Gasteiger partial charge in [-0.25, -0.2) is 4.79 Å². The van der Waals surface area contributed by atoms with Crippen LogP contribution in [0, 0.1) is 0 Å². The van der Waals surface area contributed by atoms with Crippen molar-refractivity contribution < 1.29 is 19.4 Å². The van der Waals surface area contributed by atoms with E-state index in [1.54, 1.807) is 0 Å². The first-order chi connectivity index (χ1) is 9.18. The van der Waals surface area contributed by atoms with Crippen LogP contribution in [0.2, 0.25) is 0 Å². The Morgan fingerprint density at radius 2 is 2.16 bits per heavy atom. The molecule has 0 spiro atoms. The maximum atomic E-state index is 12.0. The van der Waals surface area contributed by atoms with Crippen molar-refractivity contribution >= 4 is 11.9 Å². The van der Waals surface area contributed by atoms with Crippen LogP contribution < -0.4 is 5.32 Å². The van der Waals surface area contributed by atoms with E-state index in [0.717, 1.165) is 30.4 Å². The van der Waals surface area contributed by atoms with Crippen LogP contribution >= 0.6 is 0 Å². The van der Waals surface area contributed by atoms with Crippen LogP contribution in [0.25, 0.3) is 0 Å². The largest absolute Gasteiger partial charge is 0.480 e. The molecule has 2 N–H and O–H groups in total. The smallest absolute Gasteiger partial charge is 0.329 e. The van der Waals surface area contributed by atoms with Crippen LogP contribution in [-0.4, -0.2) is 36.7 Å². The third kappa shape index (κ3) is 3.54. The highest BCUT2D eigenvalue weighted by Crippen LogP contribution is 2.24. The van der Waals surface area contributed by atoms with Crippen molar-refractivity contribution in [2.24, 2.45) is 0 Å². The summed E-state index contributed by atoms with van der Waals surface area (Å²) >= 11 is 0. The Hall–Kier alpha value is -1.88. The van der Waals surface area contributed by atoms with Crippen LogP contribution in [0.5, 0.6) is 0 Å². The molecule has 19 heavy (non-hydrogen) atoms. The molecule has 1 aromatic rings. The minimum atomic E-state index is -1.01. The first-order valence-electron chi connectivity index (χ1n) is 6.37. The SMILES string of the molecule is O=C(O)COCCNC(=O)c1cccc2c1CCC2. The van der Waals surface area contributed by atoms with Crippen LogP contribution in [0.15, 0.2) is 18.2 Å². The Morgan fingerprint density at radius 1 is 1.32 bits per heavy atom. The predicted octanol–water partition coefficient (Wildman–Crippen LogP) is 1.01. The maximum absolute atomic E-state index is 12.0. The fraction of sp³-hybridized carbons (Fsp3) is 0.429. The summed E-state index contributed by atoms with van der Waals surface area (Å²) in [5, 5.41) is 11.1. The highest BCUT2D eigenvalue weighted by molar-refractivity contribution is 5.96. The topological polar surface area (TPSA) is 75.6 Å². The number of amides is 1. The summed E-state index contributed by atoms with van der Waals surface area (Å²) in [6.45, 7) is 0.180. The zero-order chi connectivity index (χ0) is 13.7. The van der Waals surface area contributed by atoms with E-state index in [0.29, 0.717) is 6.54 Å². The fourth-order valence-corrected chi connectivity index (χ4v) is 2.32. The predicted molar refractivity (Wildman–Crippen MR) is 69.3 cm³/mol. The number of carboxylic acid groups (broad SMARTS) is 1. The molecule has 2 rings (SSSR count). The number of carbonyl (C=O) groups excluding carboxylic acids is 1. The van der Waals surface area contributed by atoms with Gasteiger partial charge in [-0.1, -0.05) is 12.1 Å². The van der Waals surface area contributed by atoms with Gasteiger partial charge in [-0.2, -0.15) is 0 Å². The highest BCUT2D eigenvalue weighted by Gasteiger charge is 2.18. The van der Waals surface area contributed by atoms with Gasteiger partial charge in [0.2, 0.25) is 0 Å². The van der Waals surface area contributed by atoms with Gasteiger partial charge in [0, 0.05) is 12.1 Å². The number of nitrogens with one attached hydrogen (secondary N) is 1. The standard InChI is InChI=1S/C14H17NO4/c16-13(17)9-19-8-7-15-14(18)12-6-2-4-10-3-1-5-11(10)12/h2,4,6H,1,3,5,7-9H2,(H,15,18)(H,16,17). The van der Waals surface area contributed by atoms with Gasteiger partial charge in [-0.15, -0.1) is 0 Å². The number of aliphatic carboxylic acids is 1. The van der Waals surface area contributed by atoms with Gasteiger partial charge in [-0.05, 0) is 36.5 Å². The maximum Gasteiger partial charge on any atom is 0.329 e. The normalized spacial score (nSPS) is 13.1. The lowest BCUT2D eigenvalue weighted by atomic mass is 10.0. The molecule has 0 saturated carbocycles. The Balaban J connectivity index is 1.84. The van der Waals surface area contributed by atoms with Gasteiger partial charge >= 0.3 is 5.97 Å². The molecule has 1 aliphatic rings. The first kappa shape index (κ1) is 13.5. The summed E-state index contributed by atoms with van der Waals surface area (Å²) in [6, 6.07) is 5.80. The first-order valence-corrected chi connectivity index (χ1v) is 6.37. The number of hydrogen-bond donors (Lipinski definition) is 2. The number of hydrogen-bond acceptors (Lipinski definition) is 3. The van der Waals surface area contributed by atoms with Gasteiger partial charge < -0.3 is 15.2 Å². The minimum Gasteiger partial charge on any atom is -0.480 e. The molecule has 0 aliphatic heterocycles. The number of rotatable bonds is 6. The van der Waals surface area contributed by atoms with E-state index < -0.39 is 5.97 Å². The van der Waals surface area contributed by atoms with Gasteiger partial charge in [0.15, 0.2) is 0 Å². The van der Waals surface area contributed by atoms with Crippen molar-refractivity contribution in [1.29, 1.82) is 0 Å². The van der Waals surface area contributed by atoms with Crippen molar-refractivity contribution in [3.63, 3.8) is 0 Å². The zero-order valence-electron chi connectivity index (χ0n) is 10.6. The molecule has 0 bridgehead atoms. The second-order valence-corrected chi connectivity index (χ2v) is 4.50. The molecule has 0 fully saturated rings. The van der Waals surface area contributed by atoms with E-state index in [-0.39, 0.29) is 19.1 Å². The number of carboxylic acids is 1. The number of benzene rings is 1. The Kier molecular flexibility index (Phi) is 4.52. The highest BCUT2D eigenvalue weighted by atomic mass is 16.5. The number of ether oxygens (including phenoxy) is 1. The third-order valence-electron chi connectivity index (χ3n) is 3.15. The molecule has 1 aromatic carbocycles. The minimum absolute atomic E-state index is 0.113. The molecule has 5 heteroatoms. The molecule has 0 radical (unpaired) electrons. The van der Waals surface area contributed by atoms with E-state index in [4.69, 9.17) is 9.84 Å². The lowest BCUT2D eigenvalue weighted by Gasteiger charge is -2.09. The van der Waals surface area contributed by atoms with Crippen LogP contribution in [0.1, 0.15) is 27.9 Å². The van der Waals surface area contributed by atoms with E-state index >= 15 is 0 Å². The van der Waals surface area contributed by atoms with Crippen LogP contribution in [0.3, 0.4) is 0 Å². The van der Waals surface area contributed by atoms with E-state index in [1.807, 2.05) is 12.1 Å². The second kappa shape index (κ2) is 6.33. The molecule has 0 unspecified atom stereocenters. The van der Waals surface area contributed by atoms with Crippen molar-refractivity contribution in [2.75, 3.05) is 19.8 Å². The lowest BCUT2D eigenvalue weighted by molar-refractivity contribution is -0.142. The molecule has 0 saturated heterocycles. The molecule has 0 heterocycles.